The van der Waals surface area contributed by atoms with E-state index in [0.717, 1.165) is 86.9 Å². The predicted octanol–water partition coefficient (Wildman–Crippen LogP) is 16.8. The molecule has 0 aliphatic heterocycles. The average molecular weight is 879 g/mol. The molecule has 2 atom stereocenters. The second-order valence-electron chi connectivity index (χ2n) is 17.2. The minimum absolute atomic E-state index is 0.321. The number of rotatable bonds is 44. The van der Waals surface area contributed by atoms with E-state index in [2.05, 4.69) is 65.8 Å². The lowest BCUT2D eigenvalue weighted by atomic mass is 10.1. The number of benzene rings is 2. The van der Waals surface area contributed by atoms with Gasteiger partial charge in [-0.1, -0.05) is 218 Å². The summed E-state index contributed by atoms with van der Waals surface area (Å²) in [5, 5.41) is 0. The van der Waals surface area contributed by atoms with Crippen LogP contribution in [0.3, 0.4) is 0 Å². The van der Waals surface area contributed by atoms with Gasteiger partial charge in [0, 0.05) is 12.8 Å². The Morgan fingerprint density at radius 2 is 0.651 bits per heavy atom. The van der Waals surface area contributed by atoms with E-state index in [1.165, 1.54) is 103 Å². The molecule has 0 aromatic heterocycles. The zero-order valence-electron chi connectivity index (χ0n) is 41.4. The first-order valence-corrected chi connectivity index (χ1v) is 26.0. The first-order chi connectivity index (χ1) is 31.1. The maximum atomic E-state index is 7.16. The molecule has 2 rings (SSSR count). The number of ether oxygens (including phenoxy) is 7. The Hall–Kier alpha value is -3.00. The fourth-order valence-electron chi connectivity index (χ4n) is 7.47. The second-order valence-corrected chi connectivity index (χ2v) is 17.2. The smallest absolute Gasteiger partial charge is 0.223 e. The molecule has 0 N–H and O–H groups in total. The topological polar surface area (TPSA) is 64.6 Å². The number of allylic oxidation sites excluding steroid dienone is 2. The standard InChI is InChI=1S/C56H94O7/c1-7-13-15-17-19-21-23-25-27-35-41-51(57-43-9-3)53(59-45-11-5)55(61-47-49-37-31-29-32-38-49)63-56(62-48-50-39-33-30-34-40-50)54(60-46-12-6)52(58-44-10-4)42-36-28-26-24-22-20-18-16-14-8-2/h29-34,37-40,55-56H,7-28,35-36,41-48H2,1-6H3. The molecule has 0 radical (unpaired) electrons. The van der Waals surface area contributed by atoms with Crippen LogP contribution in [0.4, 0.5) is 0 Å². The van der Waals surface area contributed by atoms with Crippen LogP contribution in [0, 0.1) is 0 Å². The van der Waals surface area contributed by atoms with E-state index in [1.807, 2.05) is 36.4 Å². The number of hydrogen-bond acceptors (Lipinski definition) is 7. The molecule has 0 heterocycles. The summed E-state index contributed by atoms with van der Waals surface area (Å²) in [6.45, 7) is 15.9. The van der Waals surface area contributed by atoms with Crippen LogP contribution < -0.4 is 0 Å². The van der Waals surface area contributed by atoms with E-state index < -0.39 is 12.6 Å². The fourth-order valence-corrected chi connectivity index (χ4v) is 7.47. The van der Waals surface area contributed by atoms with Gasteiger partial charge in [0.15, 0.2) is 11.5 Å². The van der Waals surface area contributed by atoms with Crippen molar-refractivity contribution in [2.75, 3.05) is 26.4 Å². The van der Waals surface area contributed by atoms with Crippen LogP contribution in [0.15, 0.2) is 83.7 Å². The summed E-state index contributed by atoms with van der Waals surface area (Å²) < 4.78 is 47.4. The summed E-state index contributed by atoms with van der Waals surface area (Å²) in [6, 6.07) is 20.5. The minimum atomic E-state index is -0.933. The normalized spacial score (nSPS) is 13.3. The molecule has 7 heteroatoms. The molecule has 0 saturated heterocycles. The monoisotopic (exact) mass is 879 g/mol. The van der Waals surface area contributed by atoms with Gasteiger partial charge < -0.3 is 33.2 Å². The van der Waals surface area contributed by atoms with Gasteiger partial charge in [-0.25, -0.2) is 0 Å². The molecule has 360 valence electrons. The Balaban J connectivity index is 2.54. The van der Waals surface area contributed by atoms with Crippen LogP contribution in [0.2, 0.25) is 0 Å². The van der Waals surface area contributed by atoms with Gasteiger partial charge in [0.2, 0.25) is 12.6 Å². The zero-order valence-corrected chi connectivity index (χ0v) is 41.4. The molecule has 2 unspecified atom stereocenters. The summed E-state index contributed by atoms with van der Waals surface area (Å²) >= 11 is 0. The number of unbranched alkanes of at least 4 members (excludes halogenated alkanes) is 18. The van der Waals surface area contributed by atoms with Crippen molar-refractivity contribution in [1.82, 2.24) is 0 Å². The molecular formula is C56H94O7. The Labute approximate surface area is 387 Å². The van der Waals surface area contributed by atoms with Crippen molar-refractivity contribution in [3.05, 3.63) is 94.8 Å². The maximum absolute atomic E-state index is 7.16. The lowest BCUT2D eigenvalue weighted by Crippen LogP contribution is -2.33. The van der Waals surface area contributed by atoms with Crippen LogP contribution in [0.5, 0.6) is 0 Å². The SMILES string of the molecule is CCCCCCCCCCCCC(OCCC)=C(OCCC)C(OCc1ccccc1)OC(OCc1ccccc1)C(OCCC)=C(CCCCCCCCCCCC)OCCC. The second kappa shape index (κ2) is 40.5. The fraction of sp³-hybridized carbons (Fsp3) is 0.714. The summed E-state index contributed by atoms with van der Waals surface area (Å²) in [4.78, 5) is 0. The highest BCUT2D eigenvalue weighted by Gasteiger charge is 2.32. The molecule has 0 aliphatic rings. The van der Waals surface area contributed by atoms with E-state index in [9.17, 15) is 0 Å². The molecule has 63 heavy (non-hydrogen) atoms. The molecule has 2 aromatic carbocycles. The molecule has 0 aliphatic carbocycles. The third-order valence-electron chi connectivity index (χ3n) is 11.1. The van der Waals surface area contributed by atoms with E-state index in [-0.39, 0.29) is 0 Å². The summed E-state index contributed by atoms with van der Waals surface area (Å²) in [5.41, 5.74) is 2.08. The van der Waals surface area contributed by atoms with Crippen LogP contribution >= 0.6 is 0 Å². The Morgan fingerprint density at radius 1 is 0.349 bits per heavy atom. The van der Waals surface area contributed by atoms with Crippen molar-refractivity contribution in [2.24, 2.45) is 0 Å². The van der Waals surface area contributed by atoms with E-state index in [4.69, 9.17) is 33.2 Å². The molecule has 0 spiro atoms. The lowest BCUT2D eigenvalue weighted by molar-refractivity contribution is -0.249. The van der Waals surface area contributed by atoms with Crippen LogP contribution in [-0.4, -0.2) is 39.0 Å². The predicted molar refractivity (Wildman–Crippen MR) is 263 cm³/mol. The Bertz CT molecular complexity index is 1260. The molecule has 0 amide bonds. The molecule has 0 bridgehead atoms. The van der Waals surface area contributed by atoms with Crippen molar-refractivity contribution in [2.45, 2.75) is 234 Å². The third kappa shape index (κ3) is 27.8. The minimum Gasteiger partial charge on any atom is -0.494 e. The van der Waals surface area contributed by atoms with E-state index in [1.54, 1.807) is 0 Å². The molecule has 7 nitrogen and oxygen atoms in total. The van der Waals surface area contributed by atoms with Gasteiger partial charge >= 0.3 is 0 Å². The van der Waals surface area contributed by atoms with Gasteiger partial charge in [-0.3, -0.25) is 0 Å². The number of hydrogen-bond donors (Lipinski definition) is 0. The molecular weight excluding hydrogens is 785 g/mol. The summed E-state index contributed by atoms with van der Waals surface area (Å²) in [5.74, 6) is 2.78. The Morgan fingerprint density at radius 3 is 0.968 bits per heavy atom. The van der Waals surface area contributed by atoms with E-state index >= 15 is 0 Å². The molecule has 0 saturated carbocycles. The third-order valence-corrected chi connectivity index (χ3v) is 11.1. The quantitative estimate of drug-likeness (QED) is 0.0373. The van der Waals surface area contributed by atoms with Crippen LogP contribution in [0.25, 0.3) is 0 Å². The largest absolute Gasteiger partial charge is 0.494 e. The van der Waals surface area contributed by atoms with Crippen molar-refractivity contribution >= 4 is 0 Å². The summed E-state index contributed by atoms with van der Waals surface area (Å²) in [6.07, 6.45) is 28.4. The van der Waals surface area contributed by atoms with Crippen molar-refractivity contribution in [1.29, 1.82) is 0 Å². The highest BCUT2D eigenvalue weighted by Crippen LogP contribution is 2.30. The highest BCUT2D eigenvalue weighted by atomic mass is 16.8. The molecule has 2 aromatic rings. The first-order valence-electron chi connectivity index (χ1n) is 26.0. The van der Waals surface area contributed by atoms with Crippen molar-refractivity contribution in [3.63, 3.8) is 0 Å². The van der Waals surface area contributed by atoms with Crippen LogP contribution in [0.1, 0.15) is 220 Å². The molecule has 0 fully saturated rings. The highest BCUT2D eigenvalue weighted by molar-refractivity contribution is 5.15. The van der Waals surface area contributed by atoms with Gasteiger partial charge in [-0.05, 0) is 49.7 Å². The maximum Gasteiger partial charge on any atom is 0.223 e. The first kappa shape index (κ1) is 56.1. The average Bonchev–Trinajstić information content (AvgIpc) is 3.31. The van der Waals surface area contributed by atoms with Crippen LogP contribution in [-0.2, 0) is 46.4 Å². The van der Waals surface area contributed by atoms with E-state index in [0.29, 0.717) is 51.2 Å². The summed E-state index contributed by atoms with van der Waals surface area (Å²) in [7, 11) is 0. The van der Waals surface area contributed by atoms with Gasteiger partial charge in [0.25, 0.3) is 0 Å². The Kier molecular flexibility index (Phi) is 36.1. The van der Waals surface area contributed by atoms with Gasteiger partial charge in [-0.15, -0.1) is 0 Å². The lowest BCUT2D eigenvalue weighted by Gasteiger charge is -2.30. The van der Waals surface area contributed by atoms with Crippen molar-refractivity contribution in [3.8, 4) is 0 Å². The van der Waals surface area contributed by atoms with Crippen molar-refractivity contribution < 1.29 is 33.2 Å². The van der Waals surface area contributed by atoms with Gasteiger partial charge in [0.1, 0.15) is 11.5 Å². The van der Waals surface area contributed by atoms with Gasteiger partial charge in [-0.2, -0.15) is 0 Å². The van der Waals surface area contributed by atoms with Gasteiger partial charge in [0.05, 0.1) is 39.6 Å². The zero-order chi connectivity index (χ0) is 45.3.